The lowest BCUT2D eigenvalue weighted by Crippen LogP contribution is -2.62. The van der Waals surface area contributed by atoms with E-state index in [0.717, 1.165) is 5.75 Å². The third-order valence-electron chi connectivity index (χ3n) is 5.25. The van der Waals surface area contributed by atoms with Gasteiger partial charge in [-0.15, -0.1) is 11.8 Å². The van der Waals surface area contributed by atoms with Crippen molar-refractivity contribution in [2.45, 2.75) is 56.9 Å². The van der Waals surface area contributed by atoms with Crippen LogP contribution in [0, 0.1) is 0 Å². The molecule has 1 fully saturated rings. The zero-order valence-corrected chi connectivity index (χ0v) is 18.7. The third kappa shape index (κ3) is 6.06. The Labute approximate surface area is 179 Å². The first-order valence-electron chi connectivity index (χ1n) is 10.3. The summed E-state index contributed by atoms with van der Waals surface area (Å²) in [5.74, 6) is 0.984. The van der Waals surface area contributed by atoms with E-state index in [1.54, 1.807) is 0 Å². The molecule has 0 aromatic heterocycles. The van der Waals surface area contributed by atoms with E-state index in [4.69, 9.17) is 14.2 Å². The van der Waals surface area contributed by atoms with Crippen LogP contribution in [0.4, 0.5) is 0 Å². The molecule has 2 aromatic rings. The molecule has 3 rings (SSSR count). The van der Waals surface area contributed by atoms with E-state index in [9.17, 15) is 0 Å². The third-order valence-corrected chi connectivity index (χ3v) is 6.29. The minimum atomic E-state index is -0.0767. The first-order chi connectivity index (χ1) is 14.1. The van der Waals surface area contributed by atoms with Crippen LogP contribution in [0.25, 0.3) is 0 Å². The Morgan fingerprint density at radius 2 is 1.38 bits per heavy atom. The molecule has 158 valence electrons. The minimum Gasteiger partial charge on any atom is -0.369 e. The first-order valence-corrected chi connectivity index (χ1v) is 11.4. The summed E-state index contributed by atoms with van der Waals surface area (Å²) < 4.78 is 19.3. The molecule has 5 heteroatoms. The largest absolute Gasteiger partial charge is 0.369 e. The highest BCUT2D eigenvalue weighted by Crippen LogP contribution is 2.34. The standard InChI is InChI=1S/C24H33NO3S/c1-5-29-24-23(27-17-20-14-10-7-11-15-20)21(25(3)4)22(18(2)28-24)26-16-19-12-8-6-9-13-19/h6-15,18,21-24H,5,16-17H2,1-4H3/t18-,21+,22-,23-,24?/m1/s1. The van der Waals surface area contributed by atoms with Crippen LogP contribution in [0.5, 0.6) is 0 Å². The normalized spacial score (nSPS) is 27.3. The van der Waals surface area contributed by atoms with Crippen LogP contribution >= 0.6 is 11.8 Å². The fraction of sp³-hybridized carbons (Fsp3) is 0.500. The molecule has 5 atom stereocenters. The molecular formula is C24H33NO3S. The summed E-state index contributed by atoms with van der Waals surface area (Å²) in [5, 5.41) is 0. The van der Waals surface area contributed by atoms with Crippen LogP contribution < -0.4 is 0 Å². The second-order valence-corrected chi connectivity index (χ2v) is 9.02. The van der Waals surface area contributed by atoms with Gasteiger partial charge in [0.05, 0.1) is 25.4 Å². The lowest BCUT2D eigenvalue weighted by atomic mass is 9.96. The predicted molar refractivity (Wildman–Crippen MR) is 120 cm³/mol. The van der Waals surface area contributed by atoms with E-state index in [1.807, 2.05) is 48.2 Å². The number of ether oxygens (including phenoxy) is 3. The maximum Gasteiger partial charge on any atom is 0.131 e. The summed E-state index contributed by atoms with van der Waals surface area (Å²) in [6.07, 6.45) is -0.154. The molecule has 0 saturated carbocycles. The van der Waals surface area contributed by atoms with Gasteiger partial charge in [0.2, 0.25) is 0 Å². The van der Waals surface area contributed by atoms with E-state index >= 15 is 0 Å². The van der Waals surface area contributed by atoms with Gasteiger partial charge in [-0.3, -0.25) is 0 Å². The highest BCUT2D eigenvalue weighted by molar-refractivity contribution is 7.99. The zero-order chi connectivity index (χ0) is 20.6. The first kappa shape index (κ1) is 22.3. The number of hydrogen-bond acceptors (Lipinski definition) is 5. The van der Waals surface area contributed by atoms with Crippen molar-refractivity contribution in [3.63, 3.8) is 0 Å². The molecule has 29 heavy (non-hydrogen) atoms. The van der Waals surface area contributed by atoms with Crippen molar-refractivity contribution in [2.24, 2.45) is 0 Å². The van der Waals surface area contributed by atoms with Crippen LogP contribution in [-0.4, -0.2) is 54.5 Å². The van der Waals surface area contributed by atoms with Crippen LogP contribution in [0.1, 0.15) is 25.0 Å². The monoisotopic (exact) mass is 415 g/mol. The van der Waals surface area contributed by atoms with E-state index in [0.29, 0.717) is 13.2 Å². The molecule has 4 nitrogen and oxygen atoms in total. The van der Waals surface area contributed by atoms with Crippen LogP contribution in [0.2, 0.25) is 0 Å². The van der Waals surface area contributed by atoms with E-state index in [1.165, 1.54) is 11.1 Å². The quantitative estimate of drug-likeness (QED) is 0.598. The fourth-order valence-corrected chi connectivity index (χ4v) is 4.83. The van der Waals surface area contributed by atoms with Gasteiger partial charge in [-0.25, -0.2) is 0 Å². The smallest absolute Gasteiger partial charge is 0.131 e. The summed E-state index contributed by atoms with van der Waals surface area (Å²) in [4.78, 5) is 2.23. The Morgan fingerprint density at radius 1 is 0.862 bits per heavy atom. The summed E-state index contributed by atoms with van der Waals surface area (Å²) in [6, 6.07) is 20.7. The number of thioether (sulfide) groups is 1. The number of hydrogen-bond donors (Lipinski definition) is 0. The van der Waals surface area contributed by atoms with E-state index in [2.05, 4.69) is 57.1 Å². The molecule has 0 amide bonds. The van der Waals surface area contributed by atoms with E-state index in [-0.39, 0.29) is 29.8 Å². The Hall–Kier alpha value is -1.37. The number of nitrogens with zero attached hydrogens (tertiary/aromatic N) is 1. The topological polar surface area (TPSA) is 30.9 Å². The number of likely N-dealkylation sites (N-methyl/N-ethyl adjacent to an activating group) is 1. The molecule has 0 N–H and O–H groups in total. The van der Waals surface area contributed by atoms with Gasteiger partial charge in [-0.05, 0) is 37.9 Å². The highest BCUT2D eigenvalue weighted by Gasteiger charge is 2.46. The Kier molecular flexibility index (Phi) is 8.57. The molecular weight excluding hydrogens is 382 g/mol. The molecule has 0 bridgehead atoms. The van der Waals surface area contributed by atoms with Crippen molar-refractivity contribution in [3.05, 3.63) is 71.8 Å². The van der Waals surface area contributed by atoms with Gasteiger partial charge in [-0.2, -0.15) is 0 Å². The lowest BCUT2D eigenvalue weighted by Gasteiger charge is -2.48. The Morgan fingerprint density at radius 3 is 1.86 bits per heavy atom. The van der Waals surface area contributed by atoms with Gasteiger partial charge >= 0.3 is 0 Å². The van der Waals surface area contributed by atoms with Gasteiger partial charge in [-0.1, -0.05) is 67.6 Å². The molecule has 1 aliphatic heterocycles. The molecule has 1 aliphatic rings. The maximum atomic E-state index is 6.47. The average molecular weight is 416 g/mol. The Balaban J connectivity index is 1.76. The fourth-order valence-electron chi connectivity index (χ4n) is 3.82. The molecule has 2 aromatic carbocycles. The zero-order valence-electron chi connectivity index (χ0n) is 17.9. The average Bonchev–Trinajstić information content (AvgIpc) is 2.73. The van der Waals surface area contributed by atoms with Crippen molar-refractivity contribution in [1.82, 2.24) is 4.90 Å². The maximum absolute atomic E-state index is 6.47. The van der Waals surface area contributed by atoms with Gasteiger partial charge in [0.1, 0.15) is 17.6 Å². The summed E-state index contributed by atoms with van der Waals surface area (Å²) in [5.41, 5.74) is 2.33. The van der Waals surface area contributed by atoms with Gasteiger partial charge in [0, 0.05) is 0 Å². The van der Waals surface area contributed by atoms with Crippen molar-refractivity contribution in [1.29, 1.82) is 0 Å². The molecule has 0 aliphatic carbocycles. The summed E-state index contributed by atoms with van der Waals surface area (Å²) in [6.45, 7) is 5.42. The SMILES string of the molecule is CCSC1O[C@H](C)[C@@H](OCc2ccccc2)[C@H](N(C)C)[C@H]1OCc1ccccc1. The molecule has 1 heterocycles. The van der Waals surface area contributed by atoms with E-state index < -0.39 is 0 Å². The molecule has 0 radical (unpaired) electrons. The molecule has 0 spiro atoms. The Bertz CT molecular complexity index is 713. The lowest BCUT2D eigenvalue weighted by molar-refractivity contribution is -0.205. The highest BCUT2D eigenvalue weighted by atomic mass is 32.2. The van der Waals surface area contributed by atoms with Gasteiger partial charge < -0.3 is 19.1 Å². The predicted octanol–water partition coefficient (Wildman–Crippen LogP) is 4.59. The second-order valence-electron chi connectivity index (χ2n) is 7.64. The van der Waals surface area contributed by atoms with Crippen molar-refractivity contribution < 1.29 is 14.2 Å². The van der Waals surface area contributed by atoms with Crippen LogP contribution in [0.3, 0.4) is 0 Å². The molecule has 1 saturated heterocycles. The van der Waals surface area contributed by atoms with Crippen LogP contribution in [0.15, 0.2) is 60.7 Å². The molecule has 1 unspecified atom stereocenters. The van der Waals surface area contributed by atoms with Crippen molar-refractivity contribution >= 4 is 11.8 Å². The number of benzene rings is 2. The van der Waals surface area contributed by atoms with Crippen molar-refractivity contribution in [3.8, 4) is 0 Å². The van der Waals surface area contributed by atoms with Crippen LogP contribution in [-0.2, 0) is 27.4 Å². The number of rotatable bonds is 9. The minimum absolute atomic E-state index is 0.00765. The summed E-state index contributed by atoms with van der Waals surface area (Å²) in [7, 11) is 4.21. The van der Waals surface area contributed by atoms with Crippen molar-refractivity contribution in [2.75, 3.05) is 19.8 Å². The second kappa shape index (κ2) is 11.1. The van der Waals surface area contributed by atoms with Gasteiger partial charge in [0.15, 0.2) is 0 Å². The van der Waals surface area contributed by atoms with Gasteiger partial charge in [0.25, 0.3) is 0 Å². The summed E-state index contributed by atoms with van der Waals surface area (Å²) >= 11 is 1.81.